The van der Waals surface area contributed by atoms with Crippen molar-refractivity contribution in [3.8, 4) is 0 Å². The molecule has 0 radical (unpaired) electrons. The second-order valence-electron chi connectivity index (χ2n) is 10.3. The summed E-state index contributed by atoms with van der Waals surface area (Å²) >= 11 is 0. The number of methoxy groups -OCH3 is 1. The molecule has 0 saturated carbocycles. The van der Waals surface area contributed by atoms with Gasteiger partial charge < -0.3 is 15.0 Å². The Morgan fingerprint density at radius 3 is 2.12 bits per heavy atom. The van der Waals surface area contributed by atoms with E-state index in [1.54, 1.807) is 31.3 Å². The van der Waals surface area contributed by atoms with Crippen LogP contribution in [0, 0.1) is 11.3 Å². The van der Waals surface area contributed by atoms with Gasteiger partial charge in [-0.25, -0.2) is 4.79 Å². The third-order valence-corrected chi connectivity index (χ3v) is 6.50. The molecule has 2 aromatic rings. The van der Waals surface area contributed by atoms with Crippen LogP contribution in [0.3, 0.4) is 0 Å². The summed E-state index contributed by atoms with van der Waals surface area (Å²) in [5.41, 5.74) is 1.04. The van der Waals surface area contributed by atoms with Gasteiger partial charge in [-0.2, -0.15) is 0 Å². The molecule has 0 aliphatic heterocycles. The second kappa shape index (κ2) is 10.9. The van der Waals surface area contributed by atoms with Crippen molar-refractivity contribution in [1.29, 1.82) is 0 Å². The van der Waals surface area contributed by atoms with Crippen LogP contribution in [0.1, 0.15) is 63.9 Å². The minimum absolute atomic E-state index is 0.152. The van der Waals surface area contributed by atoms with Gasteiger partial charge in [0.15, 0.2) is 0 Å². The lowest BCUT2D eigenvalue weighted by molar-refractivity contribution is -0.133. The molecule has 0 aromatic heterocycles. The number of esters is 1. The van der Waals surface area contributed by atoms with Crippen molar-refractivity contribution >= 4 is 23.5 Å². The highest BCUT2D eigenvalue weighted by Gasteiger charge is 2.40. The Morgan fingerprint density at radius 2 is 1.59 bits per heavy atom. The van der Waals surface area contributed by atoms with Gasteiger partial charge in [-0.3, -0.25) is 9.59 Å². The molecule has 0 aliphatic rings. The number of ether oxygens (including phenoxy) is 1. The molecule has 6 nitrogen and oxygen atoms in total. The number of rotatable bonds is 8. The van der Waals surface area contributed by atoms with Gasteiger partial charge in [-0.1, -0.05) is 77.9 Å². The first kappa shape index (κ1) is 27.1. The molecule has 0 aliphatic carbocycles. The van der Waals surface area contributed by atoms with E-state index in [1.165, 1.54) is 12.0 Å². The third-order valence-electron chi connectivity index (χ3n) is 6.50. The topological polar surface area (TPSA) is 75.7 Å². The minimum Gasteiger partial charge on any atom is -0.465 e. The number of likely N-dealkylation sites (N-methyl/N-ethyl adjacent to an activating group) is 1. The van der Waals surface area contributed by atoms with Crippen LogP contribution < -0.4 is 10.2 Å². The maximum Gasteiger partial charge on any atom is 0.337 e. The SMILES string of the molecule is CC[C@H](C(=O)N[C@H](C(=O)N(C)c1cccc(C(=O)OC)c1)C(C)(C)C)C(C)(C)c1ccccc1. The summed E-state index contributed by atoms with van der Waals surface area (Å²) in [5.74, 6) is -1.20. The smallest absolute Gasteiger partial charge is 0.337 e. The maximum absolute atomic E-state index is 13.6. The van der Waals surface area contributed by atoms with Gasteiger partial charge in [0.05, 0.1) is 12.7 Å². The summed E-state index contributed by atoms with van der Waals surface area (Å²) in [6.45, 7) is 11.9. The first-order chi connectivity index (χ1) is 15.8. The van der Waals surface area contributed by atoms with E-state index in [0.717, 1.165) is 5.56 Å². The molecule has 6 heteroatoms. The zero-order valence-corrected chi connectivity index (χ0v) is 21.6. The standard InChI is InChI=1S/C28H38N2O4/c1-9-22(28(5,6)20-15-11-10-12-16-20)24(31)29-23(27(2,3)4)25(32)30(7)21-17-13-14-19(18-21)26(33)34-8/h10-18,22-23H,9H2,1-8H3,(H,29,31)/t22-,23-/m1/s1. The van der Waals surface area contributed by atoms with E-state index in [9.17, 15) is 14.4 Å². The summed E-state index contributed by atoms with van der Waals surface area (Å²) < 4.78 is 4.79. The molecule has 2 rings (SSSR count). The van der Waals surface area contributed by atoms with E-state index in [4.69, 9.17) is 4.74 Å². The fraction of sp³-hybridized carbons (Fsp3) is 0.464. The fourth-order valence-electron chi connectivity index (χ4n) is 4.26. The molecule has 2 aromatic carbocycles. The molecule has 2 amide bonds. The molecule has 2 atom stereocenters. The predicted octanol–water partition coefficient (Wildman–Crippen LogP) is 4.97. The van der Waals surface area contributed by atoms with Gasteiger partial charge in [0.1, 0.15) is 6.04 Å². The van der Waals surface area contributed by atoms with E-state index in [2.05, 4.69) is 19.2 Å². The lowest BCUT2D eigenvalue weighted by Gasteiger charge is -2.38. The fourth-order valence-corrected chi connectivity index (χ4v) is 4.26. The average molecular weight is 467 g/mol. The van der Waals surface area contributed by atoms with Crippen molar-refractivity contribution in [2.45, 2.75) is 59.4 Å². The molecule has 0 heterocycles. The lowest BCUT2D eigenvalue weighted by Crippen LogP contribution is -2.56. The predicted molar refractivity (Wildman–Crippen MR) is 136 cm³/mol. The van der Waals surface area contributed by atoms with Gasteiger partial charge in [0, 0.05) is 24.1 Å². The van der Waals surface area contributed by atoms with Crippen LogP contribution in [0.2, 0.25) is 0 Å². The van der Waals surface area contributed by atoms with Crippen LogP contribution in [0.15, 0.2) is 54.6 Å². The van der Waals surface area contributed by atoms with E-state index in [1.807, 2.05) is 58.0 Å². The Balaban J connectivity index is 2.33. The summed E-state index contributed by atoms with van der Waals surface area (Å²) in [6.07, 6.45) is 0.635. The summed E-state index contributed by atoms with van der Waals surface area (Å²) in [7, 11) is 2.96. The highest BCUT2D eigenvalue weighted by molar-refractivity contribution is 6.00. The van der Waals surface area contributed by atoms with Gasteiger partial charge in [0.25, 0.3) is 0 Å². The highest BCUT2D eigenvalue weighted by Crippen LogP contribution is 2.35. The molecule has 0 bridgehead atoms. The van der Waals surface area contributed by atoms with Crippen molar-refractivity contribution in [2.75, 3.05) is 19.1 Å². The number of amides is 2. The number of hydrogen-bond acceptors (Lipinski definition) is 4. The number of anilines is 1. The average Bonchev–Trinajstić information content (AvgIpc) is 2.81. The highest BCUT2D eigenvalue weighted by atomic mass is 16.5. The van der Waals surface area contributed by atoms with Gasteiger partial charge in [-0.15, -0.1) is 0 Å². The first-order valence-electron chi connectivity index (χ1n) is 11.7. The Labute approximate surface area is 203 Å². The Hall–Kier alpha value is -3.15. The molecule has 34 heavy (non-hydrogen) atoms. The van der Waals surface area contributed by atoms with E-state index in [-0.39, 0.29) is 17.7 Å². The molecule has 0 spiro atoms. The number of nitrogens with one attached hydrogen (secondary N) is 1. The lowest BCUT2D eigenvalue weighted by atomic mass is 9.71. The minimum atomic E-state index is -0.757. The van der Waals surface area contributed by atoms with E-state index >= 15 is 0 Å². The molecule has 184 valence electrons. The molecule has 0 fully saturated rings. The first-order valence-corrected chi connectivity index (χ1v) is 11.7. The normalized spacial score (nSPS) is 13.5. The third kappa shape index (κ3) is 6.04. The van der Waals surface area contributed by atoms with Crippen LogP contribution in [0.5, 0.6) is 0 Å². The van der Waals surface area contributed by atoms with Gasteiger partial charge >= 0.3 is 5.97 Å². The summed E-state index contributed by atoms with van der Waals surface area (Å²) in [4.78, 5) is 40.6. The molecule has 0 saturated heterocycles. The zero-order valence-electron chi connectivity index (χ0n) is 21.6. The molecular weight excluding hydrogens is 428 g/mol. The van der Waals surface area contributed by atoms with E-state index in [0.29, 0.717) is 17.7 Å². The van der Waals surface area contributed by atoms with Crippen molar-refractivity contribution in [1.82, 2.24) is 5.32 Å². The monoisotopic (exact) mass is 466 g/mol. The maximum atomic E-state index is 13.6. The van der Waals surface area contributed by atoms with Crippen molar-refractivity contribution in [3.63, 3.8) is 0 Å². The van der Waals surface area contributed by atoms with Crippen molar-refractivity contribution < 1.29 is 19.1 Å². The Bertz CT molecular complexity index is 1010. The zero-order chi connectivity index (χ0) is 25.7. The second-order valence-corrected chi connectivity index (χ2v) is 10.3. The summed E-state index contributed by atoms with van der Waals surface area (Å²) in [5, 5.41) is 3.06. The van der Waals surface area contributed by atoms with Crippen molar-refractivity contribution in [2.24, 2.45) is 11.3 Å². The van der Waals surface area contributed by atoms with Crippen molar-refractivity contribution in [3.05, 3.63) is 65.7 Å². The molecule has 1 N–H and O–H groups in total. The van der Waals surface area contributed by atoms with E-state index < -0.39 is 22.8 Å². The van der Waals surface area contributed by atoms with Crippen LogP contribution in [-0.2, 0) is 19.7 Å². The van der Waals surface area contributed by atoms with Gasteiger partial charge in [0.2, 0.25) is 11.8 Å². The summed E-state index contributed by atoms with van der Waals surface area (Å²) in [6, 6.07) is 15.9. The number of hydrogen-bond donors (Lipinski definition) is 1. The van der Waals surface area contributed by atoms with Crippen LogP contribution in [0.4, 0.5) is 5.69 Å². The molecular formula is C28H38N2O4. The van der Waals surface area contributed by atoms with Gasteiger partial charge in [-0.05, 0) is 35.6 Å². The largest absolute Gasteiger partial charge is 0.465 e. The Morgan fingerprint density at radius 1 is 0.971 bits per heavy atom. The number of benzene rings is 2. The quantitative estimate of drug-likeness (QED) is 0.557. The van der Waals surface area contributed by atoms with Crippen LogP contribution >= 0.6 is 0 Å². The van der Waals surface area contributed by atoms with Crippen LogP contribution in [0.25, 0.3) is 0 Å². The number of carbonyl (C=O) groups is 3. The van der Waals surface area contributed by atoms with Crippen LogP contribution in [-0.4, -0.2) is 38.0 Å². The number of carbonyl (C=O) groups excluding carboxylic acids is 3. The molecule has 0 unspecified atom stereocenters. The number of nitrogens with zero attached hydrogens (tertiary/aromatic N) is 1. The Kier molecular flexibility index (Phi) is 8.65.